The highest BCUT2D eigenvalue weighted by molar-refractivity contribution is 7.90. The van der Waals surface area contributed by atoms with Gasteiger partial charge in [-0.15, -0.1) is 0 Å². The van der Waals surface area contributed by atoms with E-state index in [-0.39, 0.29) is 17.5 Å². The molecule has 84 valence electrons. The fourth-order valence-corrected chi connectivity index (χ4v) is 3.04. The maximum absolute atomic E-state index is 11.6. The number of halogens is 1. The van der Waals surface area contributed by atoms with E-state index in [0.29, 0.717) is 5.02 Å². The molecule has 0 aliphatic heterocycles. The first-order valence-corrected chi connectivity index (χ1v) is 6.79. The van der Waals surface area contributed by atoms with Gasteiger partial charge in [0.25, 0.3) is 0 Å². The van der Waals surface area contributed by atoms with Gasteiger partial charge >= 0.3 is 0 Å². The topological polar surface area (TPSA) is 60.2 Å². The van der Waals surface area contributed by atoms with E-state index in [2.05, 4.69) is 0 Å². The van der Waals surface area contributed by atoms with E-state index in [9.17, 15) is 8.42 Å². The van der Waals surface area contributed by atoms with Crippen molar-refractivity contribution in [2.75, 3.05) is 5.75 Å². The zero-order valence-corrected chi connectivity index (χ0v) is 10.1. The Morgan fingerprint density at radius 3 is 2.33 bits per heavy atom. The van der Waals surface area contributed by atoms with E-state index in [4.69, 9.17) is 17.3 Å². The summed E-state index contributed by atoms with van der Waals surface area (Å²) in [6, 6.07) is 6.45. The van der Waals surface area contributed by atoms with E-state index < -0.39 is 9.84 Å². The normalized spacial score (nSPS) is 13.8. The lowest BCUT2D eigenvalue weighted by molar-refractivity contribution is 0.589. The summed E-state index contributed by atoms with van der Waals surface area (Å²) in [5.41, 5.74) is 6.19. The first-order valence-electron chi connectivity index (χ1n) is 4.59. The molecule has 0 saturated carbocycles. The monoisotopic (exact) mass is 247 g/mol. The van der Waals surface area contributed by atoms with E-state index in [1.807, 2.05) is 0 Å². The lowest BCUT2D eigenvalue weighted by Crippen LogP contribution is -2.26. The van der Waals surface area contributed by atoms with Gasteiger partial charge in [0.15, 0.2) is 9.84 Å². The molecule has 0 aliphatic rings. The van der Waals surface area contributed by atoms with E-state index in [1.165, 1.54) is 0 Å². The Hall–Kier alpha value is -0.580. The molecule has 0 aliphatic carbocycles. The van der Waals surface area contributed by atoms with Crippen LogP contribution in [0.25, 0.3) is 0 Å². The van der Waals surface area contributed by atoms with Crippen LogP contribution in [0, 0.1) is 0 Å². The summed E-state index contributed by atoms with van der Waals surface area (Å²) in [6.07, 6.45) is 0. The Balaban J connectivity index is 2.73. The van der Waals surface area contributed by atoms with Crippen LogP contribution >= 0.6 is 11.6 Å². The Morgan fingerprint density at radius 2 is 1.87 bits per heavy atom. The largest absolute Gasteiger partial charge is 0.327 e. The highest BCUT2D eigenvalue weighted by Crippen LogP contribution is 2.12. The molecule has 0 aromatic heterocycles. The fraction of sp³-hybridized carbons (Fsp3) is 0.400. The Kier molecular flexibility index (Phi) is 4.13. The highest BCUT2D eigenvalue weighted by atomic mass is 35.5. The predicted molar refractivity (Wildman–Crippen MR) is 62.6 cm³/mol. The summed E-state index contributed by atoms with van der Waals surface area (Å²) in [4.78, 5) is 0. The Labute approximate surface area is 95.2 Å². The minimum absolute atomic E-state index is 0.00955. The van der Waals surface area contributed by atoms with Crippen LogP contribution in [0.2, 0.25) is 5.02 Å². The van der Waals surface area contributed by atoms with Gasteiger partial charge < -0.3 is 5.73 Å². The Morgan fingerprint density at radius 1 is 1.33 bits per heavy atom. The highest BCUT2D eigenvalue weighted by Gasteiger charge is 2.14. The van der Waals surface area contributed by atoms with Gasteiger partial charge in [0, 0.05) is 11.1 Å². The SMILES string of the molecule is CC(N)CS(=O)(=O)Cc1ccc(Cl)cc1. The van der Waals surface area contributed by atoms with Gasteiger partial charge in [-0.2, -0.15) is 0 Å². The standard InChI is InChI=1S/C10H14ClNO2S/c1-8(12)6-15(13,14)7-9-2-4-10(11)5-3-9/h2-5,8H,6-7,12H2,1H3. The zero-order valence-electron chi connectivity index (χ0n) is 8.48. The van der Waals surface area contributed by atoms with Gasteiger partial charge in [0.1, 0.15) is 0 Å². The van der Waals surface area contributed by atoms with E-state index in [0.717, 1.165) is 5.56 Å². The molecule has 15 heavy (non-hydrogen) atoms. The van der Waals surface area contributed by atoms with Crippen LogP contribution in [0.5, 0.6) is 0 Å². The molecule has 0 amide bonds. The number of rotatable bonds is 4. The zero-order chi connectivity index (χ0) is 11.5. The van der Waals surface area contributed by atoms with Crippen molar-refractivity contribution >= 4 is 21.4 Å². The first-order chi connectivity index (χ1) is 6.89. The van der Waals surface area contributed by atoms with Crippen molar-refractivity contribution in [3.8, 4) is 0 Å². The maximum atomic E-state index is 11.6. The molecule has 0 radical (unpaired) electrons. The van der Waals surface area contributed by atoms with Crippen molar-refractivity contribution in [3.63, 3.8) is 0 Å². The van der Waals surface area contributed by atoms with Crippen LogP contribution in [0.4, 0.5) is 0 Å². The summed E-state index contributed by atoms with van der Waals surface area (Å²) < 4.78 is 23.2. The molecule has 1 atom stereocenters. The predicted octanol–water partition coefficient (Wildman–Crippen LogP) is 1.60. The van der Waals surface area contributed by atoms with Crippen molar-refractivity contribution in [2.24, 2.45) is 5.73 Å². The minimum Gasteiger partial charge on any atom is -0.327 e. The minimum atomic E-state index is -3.11. The third-order valence-corrected chi connectivity index (χ3v) is 3.88. The van der Waals surface area contributed by atoms with Gasteiger partial charge in [0.05, 0.1) is 11.5 Å². The molecule has 2 N–H and O–H groups in total. The second kappa shape index (κ2) is 4.96. The van der Waals surface area contributed by atoms with Gasteiger partial charge in [-0.3, -0.25) is 0 Å². The van der Waals surface area contributed by atoms with Gasteiger partial charge in [-0.05, 0) is 24.6 Å². The molecule has 0 bridgehead atoms. The molecule has 0 saturated heterocycles. The molecule has 3 nitrogen and oxygen atoms in total. The van der Waals surface area contributed by atoms with Crippen LogP contribution in [0.1, 0.15) is 12.5 Å². The summed E-state index contributed by atoms with van der Waals surface area (Å²) in [5.74, 6) is 0.0291. The third kappa shape index (κ3) is 4.64. The second-order valence-corrected chi connectivity index (χ2v) is 6.20. The van der Waals surface area contributed by atoms with Crippen molar-refractivity contribution in [1.82, 2.24) is 0 Å². The summed E-state index contributed by atoms with van der Waals surface area (Å²) in [5, 5.41) is 0.600. The Bertz CT molecular complexity index is 412. The smallest absolute Gasteiger partial charge is 0.155 e. The summed E-state index contributed by atoms with van der Waals surface area (Å²) in [7, 11) is -3.11. The number of sulfone groups is 1. The lowest BCUT2D eigenvalue weighted by Gasteiger charge is -2.07. The van der Waals surface area contributed by atoms with Gasteiger partial charge in [0.2, 0.25) is 0 Å². The second-order valence-electron chi connectivity index (χ2n) is 3.66. The number of hydrogen-bond donors (Lipinski definition) is 1. The third-order valence-electron chi connectivity index (χ3n) is 1.82. The van der Waals surface area contributed by atoms with Gasteiger partial charge in [-0.1, -0.05) is 23.7 Å². The lowest BCUT2D eigenvalue weighted by atomic mass is 10.2. The average molecular weight is 248 g/mol. The molecule has 1 rings (SSSR count). The molecule has 0 heterocycles. The first kappa shape index (κ1) is 12.5. The number of hydrogen-bond acceptors (Lipinski definition) is 3. The maximum Gasteiger partial charge on any atom is 0.155 e. The quantitative estimate of drug-likeness (QED) is 0.879. The van der Waals surface area contributed by atoms with E-state index >= 15 is 0 Å². The molecule has 1 aromatic rings. The summed E-state index contributed by atoms with van der Waals surface area (Å²) in [6.45, 7) is 1.68. The fourth-order valence-electron chi connectivity index (χ4n) is 1.29. The molecule has 1 aromatic carbocycles. The van der Waals surface area contributed by atoms with Crippen molar-refractivity contribution < 1.29 is 8.42 Å². The van der Waals surface area contributed by atoms with E-state index in [1.54, 1.807) is 31.2 Å². The summed E-state index contributed by atoms with van der Waals surface area (Å²) >= 11 is 5.70. The van der Waals surface area contributed by atoms with Gasteiger partial charge in [-0.25, -0.2) is 8.42 Å². The van der Waals surface area contributed by atoms with Crippen LogP contribution in [0.15, 0.2) is 24.3 Å². The molecular formula is C10H14ClNO2S. The van der Waals surface area contributed by atoms with Crippen LogP contribution in [0.3, 0.4) is 0 Å². The molecule has 0 spiro atoms. The molecule has 0 fully saturated rings. The molecule has 5 heteroatoms. The van der Waals surface area contributed by atoms with Crippen molar-refractivity contribution in [2.45, 2.75) is 18.7 Å². The van der Waals surface area contributed by atoms with Crippen LogP contribution in [-0.4, -0.2) is 20.2 Å². The average Bonchev–Trinajstić information content (AvgIpc) is 2.06. The number of benzene rings is 1. The molecular weight excluding hydrogens is 234 g/mol. The molecule has 1 unspecified atom stereocenters. The number of nitrogens with two attached hydrogens (primary N) is 1. The van der Waals surface area contributed by atoms with Crippen molar-refractivity contribution in [3.05, 3.63) is 34.9 Å². The van der Waals surface area contributed by atoms with Crippen LogP contribution < -0.4 is 5.73 Å². The van der Waals surface area contributed by atoms with Crippen LogP contribution in [-0.2, 0) is 15.6 Å². The van der Waals surface area contributed by atoms with Crippen molar-refractivity contribution in [1.29, 1.82) is 0 Å².